The molecule has 1 fully saturated rings. The molecule has 0 bridgehead atoms. The first-order chi connectivity index (χ1) is 5.38. The van der Waals surface area contributed by atoms with E-state index in [2.05, 4.69) is 18.2 Å². The lowest BCUT2D eigenvalue weighted by Gasteiger charge is -2.26. The van der Waals surface area contributed by atoms with Crippen LogP contribution in [0, 0.1) is 11.3 Å². The topological polar surface area (TPSA) is 23.9 Å². The quantitative estimate of drug-likeness (QED) is 0.544. The summed E-state index contributed by atoms with van der Waals surface area (Å²) in [6.45, 7) is 0. The molecule has 0 aromatic heterocycles. The van der Waals surface area contributed by atoms with Crippen molar-refractivity contribution in [3.05, 3.63) is 23.8 Å². The smallest absolute Gasteiger partial charge is 0.0348 e. The Hall–Kier alpha value is -0.850. The van der Waals surface area contributed by atoms with E-state index in [4.69, 9.17) is 5.41 Å². The molecule has 1 saturated carbocycles. The molecule has 0 saturated heterocycles. The minimum Gasteiger partial charge on any atom is -0.305 e. The monoisotopic (exact) mass is 147 g/mol. The normalized spacial score (nSPS) is 29.6. The fraction of sp³-hybridized carbons (Fsp3) is 0.500. The van der Waals surface area contributed by atoms with Gasteiger partial charge in [0, 0.05) is 5.71 Å². The Morgan fingerprint density at radius 1 is 1.45 bits per heavy atom. The van der Waals surface area contributed by atoms with Gasteiger partial charge in [0.15, 0.2) is 0 Å². The number of hydrogen-bond acceptors (Lipinski definition) is 1. The minimum atomic E-state index is 0.682. The minimum absolute atomic E-state index is 0.682. The van der Waals surface area contributed by atoms with Gasteiger partial charge in [-0.25, -0.2) is 0 Å². The molecule has 11 heavy (non-hydrogen) atoms. The summed E-state index contributed by atoms with van der Waals surface area (Å²) in [5, 5.41) is 7.71. The van der Waals surface area contributed by atoms with E-state index in [0.717, 1.165) is 18.6 Å². The molecule has 1 N–H and O–H groups in total. The average Bonchev–Trinajstić information content (AvgIpc) is 2.06. The molecule has 1 nitrogen and oxygen atoms in total. The molecule has 0 amide bonds. The maximum atomic E-state index is 7.71. The zero-order valence-corrected chi connectivity index (χ0v) is 6.64. The van der Waals surface area contributed by atoms with Crippen molar-refractivity contribution in [3.8, 4) is 0 Å². The first kappa shape index (κ1) is 6.84. The highest BCUT2D eigenvalue weighted by Crippen LogP contribution is 2.31. The van der Waals surface area contributed by atoms with Crippen LogP contribution in [0.25, 0.3) is 0 Å². The maximum absolute atomic E-state index is 7.71. The Balaban J connectivity index is 2.27. The van der Waals surface area contributed by atoms with E-state index in [0.29, 0.717) is 5.92 Å². The molecule has 0 aromatic rings. The van der Waals surface area contributed by atoms with Gasteiger partial charge in [-0.1, -0.05) is 18.2 Å². The van der Waals surface area contributed by atoms with Crippen LogP contribution >= 0.6 is 0 Å². The summed E-state index contributed by atoms with van der Waals surface area (Å²) in [6.07, 6.45) is 11.1. The van der Waals surface area contributed by atoms with Gasteiger partial charge < -0.3 is 5.41 Å². The van der Waals surface area contributed by atoms with Crippen LogP contribution < -0.4 is 0 Å². The SMILES string of the molecule is N=C1CCCC2CC=CC=C12. The number of allylic oxidation sites excluding steroid dienone is 4. The predicted octanol–water partition coefficient (Wildman–Crippen LogP) is 2.69. The van der Waals surface area contributed by atoms with Crippen LogP contribution in [-0.4, -0.2) is 5.71 Å². The van der Waals surface area contributed by atoms with Gasteiger partial charge in [0.1, 0.15) is 0 Å². The van der Waals surface area contributed by atoms with Crippen molar-refractivity contribution >= 4 is 5.71 Å². The summed E-state index contributed by atoms with van der Waals surface area (Å²) in [4.78, 5) is 0. The highest BCUT2D eigenvalue weighted by molar-refractivity contribution is 5.99. The Kier molecular flexibility index (Phi) is 1.65. The van der Waals surface area contributed by atoms with Gasteiger partial charge in [-0.05, 0) is 37.2 Å². The Bertz CT molecular complexity index is 235. The highest BCUT2D eigenvalue weighted by Gasteiger charge is 2.22. The van der Waals surface area contributed by atoms with Gasteiger partial charge in [-0.3, -0.25) is 0 Å². The van der Waals surface area contributed by atoms with Crippen molar-refractivity contribution in [3.63, 3.8) is 0 Å². The molecule has 0 radical (unpaired) electrons. The zero-order valence-electron chi connectivity index (χ0n) is 6.64. The van der Waals surface area contributed by atoms with Crippen LogP contribution in [0.5, 0.6) is 0 Å². The van der Waals surface area contributed by atoms with Gasteiger partial charge >= 0.3 is 0 Å². The first-order valence-electron chi connectivity index (χ1n) is 4.32. The van der Waals surface area contributed by atoms with Gasteiger partial charge in [0.05, 0.1) is 0 Å². The van der Waals surface area contributed by atoms with E-state index >= 15 is 0 Å². The summed E-state index contributed by atoms with van der Waals surface area (Å²) in [5.74, 6) is 0.682. The second kappa shape index (κ2) is 2.65. The van der Waals surface area contributed by atoms with Gasteiger partial charge in [0.25, 0.3) is 0 Å². The fourth-order valence-electron chi connectivity index (χ4n) is 1.97. The predicted molar refractivity (Wildman–Crippen MR) is 46.9 cm³/mol. The van der Waals surface area contributed by atoms with Gasteiger partial charge in [-0.2, -0.15) is 0 Å². The van der Waals surface area contributed by atoms with E-state index in [-0.39, 0.29) is 0 Å². The van der Waals surface area contributed by atoms with E-state index in [1.165, 1.54) is 18.4 Å². The Morgan fingerprint density at radius 3 is 3.18 bits per heavy atom. The molecule has 2 aliphatic rings. The van der Waals surface area contributed by atoms with Crippen LogP contribution in [0.2, 0.25) is 0 Å². The number of fused-ring (bicyclic) bond motifs is 1. The summed E-state index contributed by atoms with van der Waals surface area (Å²) < 4.78 is 0. The van der Waals surface area contributed by atoms with Crippen LogP contribution in [0.3, 0.4) is 0 Å². The Morgan fingerprint density at radius 2 is 2.36 bits per heavy atom. The number of rotatable bonds is 0. The number of nitrogens with one attached hydrogen (secondary N) is 1. The molecular weight excluding hydrogens is 134 g/mol. The summed E-state index contributed by atoms with van der Waals surface area (Å²) in [7, 11) is 0. The third kappa shape index (κ3) is 1.15. The molecule has 2 rings (SSSR count). The number of hydrogen-bond donors (Lipinski definition) is 1. The summed E-state index contributed by atoms with van der Waals surface area (Å²) in [6, 6.07) is 0. The maximum Gasteiger partial charge on any atom is 0.0348 e. The molecule has 1 heteroatoms. The van der Waals surface area contributed by atoms with Crippen molar-refractivity contribution in [2.75, 3.05) is 0 Å². The van der Waals surface area contributed by atoms with Crippen LogP contribution in [-0.2, 0) is 0 Å². The standard InChI is InChI=1S/C10H13N/c11-10-7-3-5-8-4-1-2-6-9(8)10/h1-2,6,8,11H,3-5,7H2. The largest absolute Gasteiger partial charge is 0.305 e. The molecule has 58 valence electrons. The lowest BCUT2D eigenvalue weighted by molar-refractivity contribution is 0.533. The molecular formula is C10H13N. The third-order valence-electron chi connectivity index (χ3n) is 2.60. The van der Waals surface area contributed by atoms with Crippen molar-refractivity contribution in [1.82, 2.24) is 0 Å². The third-order valence-corrected chi connectivity index (χ3v) is 2.60. The second-order valence-corrected chi connectivity index (χ2v) is 3.35. The highest BCUT2D eigenvalue weighted by atomic mass is 14.5. The second-order valence-electron chi connectivity index (χ2n) is 3.35. The van der Waals surface area contributed by atoms with Crippen molar-refractivity contribution < 1.29 is 0 Å². The van der Waals surface area contributed by atoms with E-state index in [1.807, 2.05) is 0 Å². The summed E-state index contributed by atoms with van der Waals surface area (Å²) >= 11 is 0. The molecule has 1 unspecified atom stereocenters. The molecule has 1 atom stereocenters. The molecule has 0 aromatic carbocycles. The van der Waals surface area contributed by atoms with E-state index in [1.54, 1.807) is 0 Å². The Labute approximate surface area is 67.3 Å². The fourth-order valence-corrected chi connectivity index (χ4v) is 1.97. The van der Waals surface area contributed by atoms with Crippen molar-refractivity contribution in [1.29, 1.82) is 5.41 Å². The van der Waals surface area contributed by atoms with Gasteiger partial charge in [-0.15, -0.1) is 0 Å². The van der Waals surface area contributed by atoms with E-state index < -0.39 is 0 Å². The zero-order chi connectivity index (χ0) is 7.68. The molecule has 2 aliphatic carbocycles. The lowest BCUT2D eigenvalue weighted by Crippen LogP contribution is -2.19. The summed E-state index contributed by atoms with van der Waals surface area (Å²) in [5.41, 5.74) is 2.18. The van der Waals surface area contributed by atoms with Crippen molar-refractivity contribution in [2.45, 2.75) is 25.7 Å². The van der Waals surface area contributed by atoms with Gasteiger partial charge in [0.2, 0.25) is 0 Å². The average molecular weight is 147 g/mol. The van der Waals surface area contributed by atoms with E-state index in [9.17, 15) is 0 Å². The molecule has 0 spiro atoms. The first-order valence-corrected chi connectivity index (χ1v) is 4.32. The molecule has 0 aliphatic heterocycles. The lowest BCUT2D eigenvalue weighted by atomic mass is 9.79. The van der Waals surface area contributed by atoms with Crippen LogP contribution in [0.1, 0.15) is 25.7 Å². The van der Waals surface area contributed by atoms with Crippen LogP contribution in [0.15, 0.2) is 23.8 Å². The van der Waals surface area contributed by atoms with Crippen molar-refractivity contribution in [2.24, 2.45) is 5.92 Å². The van der Waals surface area contributed by atoms with Crippen LogP contribution in [0.4, 0.5) is 0 Å². The molecule has 0 heterocycles.